The van der Waals surface area contributed by atoms with E-state index >= 15 is 0 Å². The molecule has 0 N–H and O–H groups in total. The van der Waals surface area contributed by atoms with E-state index in [1.165, 1.54) is 0 Å². The molecule has 0 heterocycles. The Morgan fingerprint density at radius 3 is 1.08 bits per heavy atom. The highest BCUT2D eigenvalue weighted by atomic mass is 32.1. The number of carbonyl (C=O) groups is 1. The van der Waals surface area contributed by atoms with Crippen molar-refractivity contribution in [1.82, 2.24) is 0 Å². The molecule has 1 nitrogen and oxygen atoms in total. The first kappa shape index (κ1) is 25.0. The van der Waals surface area contributed by atoms with Gasteiger partial charge in [-0.1, -0.05) is 0 Å². The van der Waals surface area contributed by atoms with Crippen LogP contribution in [-0.2, 0) is 4.79 Å². The Morgan fingerprint density at radius 1 is 0.538 bits per heavy atom. The van der Waals surface area contributed by atoms with Crippen LogP contribution in [0.15, 0.2) is 0 Å². The average Bonchev–Trinajstić information content (AvgIpc) is 2.34. The molecule has 0 rings (SSSR count). The SMILES string of the molecule is O=C(S)CC(F)(F)C(F)(F)C(F)(F)C(F)(F)C(F)(F)C(F)(F)C(F)(F)F. The molecule has 0 aliphatic rings. The van der Waals surface area contributed by atoms with E-state index < -0.39 is 53.2 Å². The monoisotopic (exact) mass is 444 g/mol. The molecule has 0 aliphatic heterocycles. The molecule has 0 saturated carbocycles. The Balaban J connectivity index is 6.46. The maximum Gasteiger partial charge on any atom is 0.460 e. The summed E-state index contributed by atoms with van der Waals surface area (Å²) in [6, 6.07) is 0. The second-order valence-corrected chi connectivity index (χ2v) is 5.14. The van der Waals surface area contributed by atoms with Gasteiger partial charge >= 0.3 is 41.7 Å². The Labute approximate surface area is 137 Å². The predicted octanol–water partition coefficient (Wildman–Crippen LogP) is 5.21. The van der Waals surface area contributed by atoms with Gasteiger partial charge in [-0.25, -0.2) is 0 Å². The third kappa shape index (κ3) is 3.30. The summed E-state index contributed by atoms with van der Waals surface area (Å²) in [6.45, 7) is 0. The van der Waals surface area contributed by atoms with Gasteiger partial charge in [-0.3, -0.25) is 4.79 Å². The molecule has 0 radical (unpaired) electrons. The Kier molecular flexibility index (Phi) is 6.01. The highest BCUT2D eigenvalue weighted by Gasteiger charge is 2.93. The zero-order chi connectivity index (χ0) is 21.8. The molecule has 0 bridgehead atoms. The lowest BCUT2D eigenvalue weighted by Crippen LogP contribution is -2.72. The van der Waals surface area contributed by atoms with Crippen molar-refractivity contribution in [3.8, 4) is 0 Å². The molecular weight excluding hydrogens is 441 g/mol. The van der Waals surface area contributed by atoms with E-state index in [1.54, 1.807) is 0 Å². The second-order valence-electron chi connectivity index (χ2n) is 4.64. The third-order valence-corrected chi connectivity index (χ3v) is 2.92. The van der Waals surface area contributed by atoms with Crippen LogP contribution in [0.3, 0.4) is 0 Å². The summed E-state index contributed by atoms with van der Waals surface area (Å²) >= 11 is 2.43. The van der Waals surface area contributed by atoms with Crippen molar-refractivity contribution in [2.45, 2.75) is 48.1 Å². The molecular formula is C9H3F15OS. The lowest BCUT2D eigenvalue weighted by Gasteiger charge is -2.41. The fraction of sp³-hybridized carbons (Fsp3) is 0.889. The van der Waals surface area contributed by atoms with Gasteiger partial charge in [-0.15, -0.1) is 12.6 Å². The van der Waals surface area contributed by atoms with Crippen molar-refractivity contribution in [3.05, 3.63) is 0 Å². The van der Waals surface area contributed by atoms with Gasteiger partial charge in [0.1, 0.15) is 0 Å². The molecule has 0 aromatic heterocycles. The Morgan fingerprint density at radius 2 is 0.808 bits per heavy atom. The van der Waals surface area contributed by atoms with Crippen LogP contribution in [0.2, 0.25) is 0 Å². The van der Waals surface area contributed by atoms with Crippen molar-refractivity contribution < 1.29 is 70.7 Å². The van der Waals surface area contributed by atoms with Gasteiger partial charge in [0.15, 0.2) is 5.12 Å². The van der Waals surface area contributed by atoms with Crippen LogP contribution >= 0.6 is 12.6 Å². The number of thiol groups is 1. The standard InChI is InChI=1S/C9H3F15OS/c10-3(11,1-2(25)26)4(12,13)5(14,15)6(16,17)7(18,19)8(20,21)9(22,23)24/h1H2,(H,25,26). The molecule has 0 unspecified atom stereocenters. The van der Waals surface area contributed by atoms with Crippen molar-refractivity contribution in [3.63, 3.8) is 0 Å². The van der Waals surface area contributed by atoms with Gasteiger partial charge in [0.25, 0.3) is 0 Å². The largest absolute Gasteiger partial charge is 0.460 e. The minimum absolute atomic E-state index is 2.35. The normalized spacial score (nSPS) is 16.0. The van der Waals surface area contributed by atoms with Crippen LogP contribution in [0.4, 0.5) is 65.9 Å². The minimum Gasteiger partial charge on any atom is -0.287 e. The molecule has 0 aliphatic carbocycles. The molecule has 0 atom stereocenters. The molecule has 17 heteroatoms. The van der Waals surface area contributed by atoms with Crippen molar-refractivity contribution >= 4 is 17.7 Å². The number of halogens is 15. The third-order valence-electron chi connectivity index (χ3n) is 2.77. The minimum atomic E-state index is -8.34. The van der Waals surface area contributed by atoms with E-state index in [0.717, 1.165) is 0 Å². The summed E-state index contributed by atoms with van der Waals surface area (Å²) < 4.78 is 190. The van der Waals surface area contributed by atoms with E-state index in [4.69, 9.17) is 0 Å². The molecule has 0 aromatic carbocycles. The fourth-order valence-corrected chi connectivity index (χ4v) is 1.50. The number of hydrogen-bond donors (Lipinski definition) is 1. The summed E-state index contributed by atoms with van der Waals surface area (Å²) in [6.07, 6.45) is -10.7. The van der Waals surface area contributed by atoms with Crippen molar-refractivity contribution in [1.29, 1.82) is 0 Å². The highest BCUT2D eigenvalue weighted by Crippen LogP contribution is 2.62. The average molecular weight is 444 g/mol. The van der Waals surface area contributed by atoms with Gasteiger partial charge < -0.3 is 0 Å². The number of carbonyl (C=O) groups excluding carboxylic acids is 1. The topological polar surface area (TPSA) is 17.1 Å². The predicted molar refractivity (Wildman–Crippen MR) is 54.3 cm³/mol. The van der Waals surface area contributed by atoms with E-state index in [1.807, 2.05) is 0 Å². The van der Waals surface area contributed by atoms with Gasteiger partial charge in [-0.05, 0) is 0 Å². The molecule has 26 heavy (non-hydrogen) atoms. The van der Waals surface area contributed by atoms with Crippen LogP contribution in [0.5, 0.6) is 0 Å². The molecule has 0 fully saturated rings. The van der Waals surface area contributed by atoms with Gasteiger partial charge in [-0.2, -0.15) is 65.9 Å². The second kappa shape index (κ2) is 6.25. The summed E-state index contributed by atoms with van der Waals surface area (Å²) in [7, 11) is 0. The smallest absolute Gasteiger partial charge is 0.287 e. The van der Waals surface area contributed by atoms with E-state index in [0.29, 0.717) is 0 Å². The molecule has 0 amide bonds. The maximum atomic E-state index is 13.0. The first-order chi connectivity index (χ1) is 10.9. The van der Waals surface area contributed by atoms with Gasteiger partial charge in [0.05, 0.1) is 6.42 Å². The van der Waals surface area contributed by atoms with Gasteiger partial charge in [0.2, 0.25) is 0 Å². The van der Waals surface area contributed by atoms with Crippen molar-refractivity contribution in [2.75, 3.05) is 0 Å². The Hall–Kier alpha value is -1.03. The van der Waals surface area contributed by atoms with E-state index in [-0.39, 0.29) is 0 Å². The maximum absolute atomic E-state index is 13.0. The van der Waals surface area contributed by atoms with Crippen LogP contribution in [0.25, 0.3) is 0 Å². The molecule has 0 saturated heterocycles. The van der Waals surface area contributed by atoms with Gasteiger partial charge in [0, 0.05) is 0 Å². The molecule has 0 aromatic rings. The first-order valence-corrected chi connectivity index (χ1v) is 5.92. The summed E-state index contributed by atoms with van der Waals surface area (Å²) in [5.41, 5.74) is 0. The number of rotatable bonds is 7. The van der Waals surface area contributed by atoms with Crippen LogP contribution < -0.4 is 0 Å². The lowest BCUT2D eigenvalue weighted by molar-refractivity contribution is -0.452. The lowest BCUT2D eigenvalue weighted by atomic mass is 9.90. The van der Waals surface area contributed by atoms with Crippen LogP contribution in [0, 0.1) is 0 Å². The fourth-order valence-electron chi connectivity index (χ4n) is 1.30. The van der Waals surface area contributed by atoms with Crippen LogP contribution in [-0.4, -0.2) is 46.8 Å². The Bertz CT molecular complexity index is 548. The molecule has 156 valence electrons. The van der Waals surface area contributed by atoms with Crippen LogP contribution in [0.1, 0.15) is 6.42 Å². The number of alkyl halides is 15. The zero-order valence-electron chi connectivity index (χ0n) is 11.2. The van der Waals surface area contributed by atoms with E-state index in [9.17, 15) is 70.7 Å². The number of hydrogen-bond acceptors (Lipinski definition) is 1. The first-order valence-electron chi connectivity index (χ1n) is 5.47. The summed E-state index contributed by atoms with van der Waals surface area (Å²) in [5.74, 6) is -47.0. The summed E-state index contributed by atoms with van der Waals surface area (Å²) in [5, 5.41) is -2.35. The summed E-state index contributed by atoms with van der Waals surface area (Å²) in [4.78, 5) is 10.2. The molecule has 0 spiro atoms. The van der Waals surface area contributed by atoms with E-state index in [2.05, 4.69) is 12.6 Å². The zero-order valence-corrected chi connectivity index (χ0v) is 12.1. The quantitative estimate of drug-likeness (QED) is 0.422. The van der Waals surface area contributed by atoms with Crippen molar-refractivity contribution in [2.24, 2.45) is 0 Å². The highest BCUT2D eigenvalue weighted by molar-refractivity contribution is 7.96.